The molecule has 0 unspecified atom stereocenters. The van der Waals surface area contributed by atoms with E-state index in [0.717, 1.165) is 28.5 Å². The zero-order valence-corrected chi connectivity index (χ0v) is 20.5. The largest absolute Gasteiger partial charge is 0.497 e. The Bertz CT molecular complexity index is 1540. The van der Waals surface area contributed by atoms with E-state index < -0.39 is 0 Å². The van der Waals surface area contributed by atoms with Gasteiger partial charge in [0, 0.05) is 22.4 Å². The molecule has 0 saturated carbocycles. The molecule has 0 radical (unpaired) electrons. The lowest BCUT2D eigenvalue weighted by Crippen LogP contribution is -2.14. The van der Waals surface area contributed by atoms with Crippen LogP contribution in [0.15, 0.2) is 77.8 Å². The highest BCUT2D eigenvalue weighted by atomic mass is 32.2. The summed E-state index contributed by atoms with van der Waals surface area (Å²) < 4.78 is 5.29. The molecule has 3 aromatic carbocycles. The quantitative estimate of drug-likeness (QED) is 0.298. The van der Waals surface area contributed by atoms with Crippen molar-refractivity contribution in [3.8, 4) is 34.1 Å². The molecular weight excluding hydrogens is 470 g/mol. The fourth-order valence-electron chi connectivity index (χ4n) is 4.24. The van der Waals surface area contributed by atoms with Crippen molar-refractivity contribution in [3.05, 3.63) is 95.2 Å². The molecule has 7 heteroatoms. The number of pyridine rings is 1. The lowest BCUT2D eigenvalue weighted by Gasteiger charge is -2.15. The average molecular weight is 492 g/mol. The SMILES string of the molecule is COc1ccc(-c2c(C#N)c(SCC(=O)Nc3ccc(C)cc3)nc3c2-c2ccccc2C3=O)cc1. The van der Waals surface area contributed by atoms with Gasteiger partial charge in [-0.3, -0.25) is 9.59 Å². The predicted octanol–water partition coefficient (Wildman–Crippen LogP) is 5.88. The first-order chi connectivity index (χ1) is 17.5. The van der Waals surface area contributed by atoms with Gasteiger partial charge in [-0.25, -0.2) is 4.98 Å². The second-order valence-electron chi connectivity index (χ2n) is 8.31. The molecule has 0 fully saturated rings. The first kappa shape index (κ1) is 23.3. The Morgan fingerprint density at radius 2 is 1.69 bits per heavy atom. The lowest BCUT2D eigenvalue weighted by atomic mass is 9.93. The molecule has 36 heavy (non-hydrogen) atoms. The van der Waals surface area contributed by atoms with Crippen LogP contribution in [-0.2, 0) is 4.79 Å². The van der Waals surface area contributed by atoms with Gasteiger partial charge in [-0.05, 0) is 42.3 Å². The van der Waals surface area contributed by atoms with Gasteiger partial charge in [0.05, 0.1) is 18.4 Å². The Morgan fingerprint density at radius 3 is 2.36 bits per heavy atom. The molecule has 1 aromatic heterocycles. The molecule has 1 N–H and O–H groups in total. The minimum atomic E-state index is -0.226. The second-order valence-corrected chi connectivity index (χ2v) is 9.27. The van der Waals surface area contributed by atoms with Gasteiger partial charge >= 0.3 is 0 Å². The highest BCUT2D eigenvalue weighted by Gasteiger charge is 2.34. The maximum Gasteiger partial charge on any atom is 0.234 e. The Morgan fingerprint density at radius 1 is 1.00 bits per heavy atom. The molecule has 1 heterocycles. The van der Waals surface area contributed by atoms with Crippen molar-refractivity contribution in [2.75, 3.05) is 18.2 Å². The summed E-state index contributed by atoms with van der Waals surface area (Å²) in [7, 11) is 1.59. The van der Waals surface area contributed by atoms with E-state index in [1.54, 1.807) is 13.2 Å². The van der Waals surface area contributed by atoms with E-state index in [0.29, 0.717) is 44.4 Å². The number of ether oxygens (including phenoxy) is 1. The third-order valence-corrected chi connectivity index (χ3v) is 6.96. The molecule has 0 spiro atoms. The number of fused-ring (bicyclic) bond motifs is 3. The van der Waals surface area contributed by atoms with E-state index in [4.69, 9.17) is 4.74 Å². The minimum absolute atomic E-state index is 0.0392. The van der Waals surface area contributed by atoms with Crippen molar-refractivity contribution >= 4 is 29.1 Å². The molecule has 0 atom stereocenters. The fourth-order valence-corrected chi connectivity index (χ4v) is 5.03. The van der Waals surface area contributed by atoms with Crippen molar-refractivity contribution < 1.29 is 14.3 Å². The monoisotopic (exact) mass is 491 g/mol. The second kappa shape index (κ2) is 9.68. The maximum absolute atomic E-state index is 13.3. The molecule has 0 bridgehead atoms. The topological polar surface area (TPSA) is 92.1 Å². The molecule has 6 nitrogen and oxygen atoms in total. The van der Waals surface area contributed by atoms with Gasteiger partial charge in [0.2, 0.25) is 11.7 Å². The van der Waals surface area contributed by atoms with Gasteiger partial charge < -0.3 is 10.1 Å². The first-order valence-electron chi connectivity index (χ1n) is 11.3. The number of rotatable bonds is 6. The van der Waals surface area contributed by atoms with E-state index in [9.17, 15) is 14.9 Å². The molecule has 1 aliphatic rings. The number of amides is 1. The molecule has 0 aliphatic heterocycles. The highest BCUT2D eigenvalue weighted by molar-refractivity contribution is 8.00. The first-order valence-corrected chi connectivity index (χ1v) is 12.2. The molecular formula is C29H21N3O3S. The number of hydrogen-bond acceptors (Lipinski definition) is 6. The Kier molecular flexibility index (Phi) is 6.28. The van der Waals surface area contributed by atoms with Crippen molar-refractivity contribution in [2.45, 2.75) is 11.9 Å². The van der Waals surface area contributed by atoms with Gasteiger partial charge in [-0.1, -0.05) is 65.9 Å². The van der Waals surface area contributed by atoms with E-state index >= 15 is 0 Å². The maximum atomic E-state index is 13.3. The van der Waals surface area contributed by atoms with Crippen molar-refractivity contribution in [1.82, 2.24) is 4.98 Å². The van der Waals surface area contributed by atoms with Crippen LogP contribution < -0.4 is 10.1 Å². The molecule has 176 valence electrons. The number of ketones is 1. The Balaban J connectivity index is 1.57. The van der Waals surface area contributed by atoms with Crippen LogP contribution in [0.1, 0.15) is 27.2 Å². The van der Waals surface area contributed by atoms with Crippen molar-refractivity contribution in [3.63, 3.8) is 0 Å². The summed E-state index contributed by atoms with van der Waals surface area (Å²) in [5.41, 5.74) is 5.76. The minimum Gasteiger partial charge on any atom is -0.497 e. The number of nitriles is 1. The number of hydrogen-bond donors (Lipinski definition) is 1. The number of carbonyl (C=O) groups excluding carboxylic acids is 2. The van der Waals surface area contributed by atoms with E-state index in [2.05, 4.69) is 16.4 Å². The van der Waals surface area contributed by atoms with Gasteiger partial charge in [-0.15, -0.1) is 0 Å². The number of nitrogens with one attached hydrogen (secondary N) is 1. The predicted molar refractivity (Wildman–Crippen MR) is 140 cm³/mol. The normalized spacial score (nSPS) is 11.4. The summed E-state index contributed by atoms with van der Waals surface area (Å²) in [6.07, 6.45) is 0. The van der Waals surface area contributed by atoms with Crippen LogP contribution in [0.2, 0.25) is 0 Å². The number of methoxy groups -OCH3 is 1. The van der Waals surface area contributed by atoms with Crippen LogP contribution >= 0.6 is 11.8 Å². The number of anilines is 1. The summed E-state index contributed by atoms with van der Waals surface area (Å²) in [5, 5.41) is 13.4. The van der Waals surface area contributed by atoms with Gasteiger partial charge in [0.25, 0.3) is 0 Å². The van der Waals surface area contributed by atoms with Crippen molar-refractivity contribution in [2.24, 2.45) is 0 Å². The summed E-state index contributed by atoms with van der Waals surface area (Å²) in [5.74, 6) is 0.306. The van der Waals surface area contributed by atoms with E-state index in [-0.39, 0.29) is 17.4 Å². The highest BCUT2D eigenvalue weighted by Crippen LogP contribution is 2.46. The van der Waals surface area contributed by atoms with E-state index in [1.807, 2.05) is 73.7 Å². The van der Waals surface area contributed by atoms with Crippen LogP contribution in [0.25, 0.3) is 22.3 Å². The number of aryl methyl sites for hydroxylation is 1. The number of nitrogens with zero attached hydrogens (tertiary/aromatic N) is 2. The molecule has 4 aromatic rings. The smallest absolute Gasteiger partial charge is 0.234 e. The van der Waals surface area contributed by atoms with Crippen LogP contribution in [-0.4, -0.2) is 29.5 Å². The van der Waals surface area contributed by atoms with Gasteiger partial charge in [0.1, 0.15) is 22.5 Å². The summed E-state index contributed by atoms with van der Waals surface area (Å²) in [6.45, 7) is 1.98. The van der Waals surface area contributed by atoms with Crippen LogP contribution in [0.4, 0.5) is 5.69 Å². The average Bonchev–Trinajstić information content (AvgIpc) is 3.19. The third-order valence-electron chi connectivity index (χ3n) is 5.99. The molecule has 1 amide bonds. The summed E-state index contributed by atoms with van der Waals surface area (Å²) in [4.78, 5) is 30.5. The third kappa shape index (κ3) is 4.23. The van der Waals surface area contributed by atoms with E-state index in [1.165, 1.54) is 0 Å². The Labute approximate surface area is 213 Å². The zero-order valence-electron chi connectivity index (χ0n) is 19.7. The standard InChI is InChI=1S/C29H21N3O3S/c1-17-7-11-19(12-8-17)31-24(33)16-36-29-23(15-30)25(18-9-13-20(35-2)14-10-18)26-21-5-3-4-6-22(21)28(34)27(26)32-29/h3-14H,16H2,1-2H3,(H,31,33). The van der Waals surface area contributed by atoms with Crippen LogP contribution in [0, 0.1) is 18.3 Å². The number of thioether (sulfide) groups is 1. The fraction of sp³-hybridized carbons (Fsp3) is 0.103. The van der Waals surface area contributed by atoms with Gasteiger partial charge in [0.15, 0.2) is 0 Å². The van der Waals surface area contributed by atoms with Crippen molar-refractivity contribution in [1.29, 1.82) is 5.26 Å². The summed E-state index contributed by atoms with van der Waals surface area (Å²) >= 11 is 1.14. The summed E-state index contributed by atoms with van der Waals surface area (Å²) in [6, 6.07) is 24.5. The molecule has 0 saturated heterocycles. The van der Waals surface area contributed by atoms with Crippen LogP contribution in [0.3, 0.4) is 0 Å². The molecule has 5 rings (SSSR count). The van der Waals surface area contributed by atoms with Gasteiger partial charge in [-0.2, -0.15) is 5.26 Å². The lowest BCUT2D eigenvalue weighted by molar-refractivity contribution is -0.113. The number of carbonyl (C=O) groups is 2. The zero-order chi connectivity index (χ0) is 25.2. The molecule has 1 aliphatic carbocycles. The Hall–Kier alpha value is -4.41. The number of aromatic nitrogens is 1. The number of benzene rings is 3. The van der Waals surface area contributed by atoms with Crippen LogP contribution in [0.5, 0.6) is 5.75 Å².